The third-order valence-corrected chi connectivity index (χ3v) is 4.40. The fourth-order valence-corrected chi connectivity index (χ4v) is 2.81. The molecule has 136 valence electrons. The Morgan fingerprint density at radius 3 is 2.42 bits per heavy atom. The van der Waals surface area contributed by atoms with Gasteiger partial charge in [-0.05, 0) is 57.1 Å². The first-order valence-electron chi connectivity index (χ1n) is 8.86. The van der Waals surface area contributed by atoms with E-state index in [1.54, 1.807) is 6.08 Å². The minimum atomic E-state index is -1.92. The number of aliphatic hydroxyl groups excluding tert-OH is 2. The summed E-state index contributed by atoms with van der Waals surface area (Å²) >= 11 is 0. The van der Waals surface area contributed by atoms with E-state index in [9.17, 15) is 20.1 Å². The second-order valence-corrected chi connectivity index (χ2v) is 7.39. The number of hydrogen-bond donors (Lipinski definition) is 3. The van der Waals surface area contributed by atoms with Gasteiger partial charge in [0.15, 0.2) is 5.60 Å². The predicted octanol–water partition coefficient (Wildman–Crippen LogP) is 3.99. The van der Waals surface area contributed by atoms with Crippen LogP contribution >= 0.6 is 0 Å². The van der Waals surface area contributed by atoms with Gasteiger partial charge >= 0.3 is 0 Å². The number of ketones is 1. The van der Waals surface area contributed by atoms with E-state index in [0.717, 1.165) is 12.0 Å². The number of Topliss-reactive ketones (excluding diaryl/α,β-unsaturated/α-hetero) is 1. The number of aliphatic hydroxyl groups is 3. The maximum Gasteiger partial charge on any atom is 0.200 e. The number of carbonyl (C=O) groups is 1. The van der Waals surface area contributed by atoms with Gasteiger partial charge in [-0.3, -0.25) is 4.79 Å². The van der Waals surface area contributed by atoms with Gasteiger partial charge in [-0.15, -0.1) is 0 Å². The second kappa shape index (κ2) is 8.63. The molecule has 1 rings (SSSR count). The highest BCUT2D eigenvalue weighted by atomic mass is 16.3. The molecule has 4 heteroatoms. The Bertz CT molecular complexity index is 550. The molecule has 0 aromatic rings. The van der Waals surface area contributed by atoms with E-state index in [-0.39, 0.29) is 17.8 Å². The van der Waals surface area contributed by atoms with Crippen molar-refractivity contribution in [3.05, 3.63) is 34.6 Å². The molecular weight excluding hydrogens is 304 g/mol. The summed E-state index contributed by atoms with van der Waals surface area (Å²) in [6.07, 6.45) is 4.95. The van der Waals surface area contributed by atoms with Crippen LogP contribution in [0.15, 0.2) is 34.6 Å². The van der Waals surface area contributed by atoms with Gasteiger partial charge in [0.25, 0.3) is 0 Å². The SMILES string of the molecule is CCCC(O)C1=CC(CC=C(C)C)=C(O)C(O)(CCC(C)C)C1=O. The first kappa shape index (κ1) is 20.7. The van der Waals surface area contributed by atoms with Crippen LogP contribution < -0.4 is 0 Å². The third-order valence-electron chi connectivity index (χ3n) is 4.40. The lowest BCUT2D eigenvalue weighted by molar-refractivity contribution is -0.135. The Hall–Kier alpha value is -1.39. The van der Waals surface area contributed by atoms with Crippen molar-refractivity contribution in [1.82, 2.24) is 0 Å². The molecule has 0 saturated heterocycles. The van der Waals surface area contributed by atoms with Crippen LogP contribution in [0.1, 0.15) is 66.7 Å². The molecule has 0 amide bonds. The second-order valence-electron chi connectivity index (χ2n) is 7.39. The number of carbonyl (C=O) groups excluding carboxylic acids is 1. The highest BCUT2D eigenvalue weighted by Gasteiger charge is 2.46. The lowest BCUT2D eigenvalue weighted by atomic mass is 9.76. The Kier molecular flexibility index (Phi) is 7.43. The molecule has 2 unspecified atom stereocenters. The van der Waals surface area contributed by atoms with Crippen molar-refractivity contribution < 1.29 is 20.1 Å². The average Bonchev–Trinajstić information content (AvgIpc) is 2.50. The highest BCUT2D eigenvalue weighted by molar-refractivity contribution is 6.06. The van der Waals surface area contributed by atoms with Crippen LogP contribution in [-0.2, 0) is 4.79 Å². The molecule has 0 aromatic carbocycles. The van der Waals surface area contributed by atoms with Crippen molar-refractivity contribution in [3.63, 3.8) is 0 Å². The summed E-state index contributed by atoms with van der Waals surface area (Å²) in [6, 6.07) is 0. The van der Waals surface area contributed by atoms with Crippen LogP contribution in [0.4, 0.5) is 0 Å². The third kappa shape index (κ3) is 4.81. The summed E-state index contributed by atoms with van der Waals surface area (Å²) in [6.45, 7) is 9.84. The van der Waals surface area contributed by atoms with Gasteiger partial charge in [0.05, 0.1) is 6.10 Å². The summed E-state index contributed by atoms with van der Waals surface area (Å²) in [5.41, 5.74) is -0.124. The Labute approximate surface area is 145 Å². The van der Waals surface area contributed by atoms with Crippen LogP contribution in [0, 0.1) is 5.92 Å². The molecule has 0 bridgehead atoms. The van der Waals surface area contributed by atoms with Crippen LogP contribution in [0.2, 0.25) is 0 Å². The number of rotatable bonds is 8. The maximum absolute atomic E-state index is 12.8. The van der Waals surface area contributed by atoms with Crippen molar-refractivity contribution in [2.45, 2.75) is 78.4 Å². The van der Waals surface area contributed by atoms with Crippen molar-refractivity contribution in [3.8, 4) is 0 Å². The van der Waals surface area contributed by atoms with Gasteiger partial charge < -0.3 is 15.3 Å². The van der Waals surface area contributed by atoms with Crippen molar-refractivity contribution in [2.75, 3.05) is 0 Å². The largest absolute Gasteiger partial charge is 0.508 e. The normalized spacial score (nSPS) is 22.7. The standard InChI is InChI=1S/C20H32O4/c1-6-7-17(21)16-12-15(9-8-13(2)3)18(22)20(24,19(16)23)11-10-14(4)5/h8,12,14,17,21-22,24H,6-7,9-11H2,1-5H3. The van der Waals surface area contributed by atoms with Crippen LogP contribution in [0.5, 0.6) is 0 Å². The van der Waals surface area contributed by atoms with Crippen LogP contribution in [-0.4, -0.2) is 32.8 Å². The maximum atomic E-state index is 12.8. The fourth-order valence-electron chi connectivity index (χ4n) is 2.81. The summed E-state index contributed by atoms with van der Waals surface area (Å²) in [4.78, 5) is 12.8. The van der Waals surface area contributed by atoms with Crippen molar-refractivity contribution >= 4 is 5.78 Å². The monoisotopic (exact) mass is 336 g/mol. The first-order valence-corrected chi connectivity index (χ1v) is 8.86. The van der Waals surface area contributed by atoms with E-state index in [4.69, 9.17) is 0 Å². The summed E-state index contributed by atoms with van der Waals surface area (Å²) < 4.78 is 0. The Morgan fingerprint density at radius 1 is 1.29 bits per heavy atom. The first-order chi connectivity index (χ1) is 11.1. The molecule has 2 atom stereocenters. The van der Waals surface area contributed by atoms with E-state index < -0.39 is 17.5 Å². The molecule has 24 heavy (non-hydrogen) atoms. The van der Waals surface area contributed by atoms with E-state index in [1.807, 2.05) is 40.7 Å². The van der Waals surface area contributed by atoms with Crippen LogP contribution in [0.3, 0.4) is 0 Å². The Balaban J connectivity index is 3.30. The molecule has 0 spiro atoms. The zero-order valence-corrected chi connectivity index (χ0v) is 15.6. The lowest BCUT2D eigenvalue weighted by Crippen LogP contribution is -2.46. The zero-order valence-electron chi connectivity index (χ0n) is 15.6. The molecular formula is C20H32O4. The number of allylic oxidation sites excluding steroid dienone is 4. The molecule has 0 aliphatic heterocycles. The minimum absolute atomic E-state index is 0.157. The van der Waals surface area contributed by atoms with Crippen LogP contribution in [0.25, 0.3) is 0 Å². The molecule has 0 fully saturated rings. The fraction of sp³-hybridized carbons (Fsp3) is 0.650. The molecule has 3 N–H and O–H groups in total. The highest BCUT2D eigenvalue weighted by Crippen LogP contribution is 2.36. The molecule has 0 aromatic heterocycles. The Morgan fingerprint density at radius 2 is 1.92 bits per heavy atom. The zero-order chi connectivity index (χ0) is 18.5. The van der Waals surface area contributed by atoms with Gasteiger partial charge in [-0.2, -0.15) is 0 Å². The topological polar surface area (TPSA) is 77.8 Å². The molecule has 1 aliphatic carbocycles. The summed E-state index contributed by atoms with van der Waals surface area (Å²) in [5.74, 6) is -0.536. The van der Waals surface area contributed by atoms with Crippen molar-refractivity contribution in [2.24, 2.45) is 5.92 Å². The molecule has 0 saturated carbocycles. The molecule has 0 heterocycles. The molecule has 4 nitrogen and oxygen atoms in total. The summed E-state index contributed by atoms with van der Waals surface area (Å²) in [5, 5.41) is 31.8. The average molecular weight is 336 g/mol. The smallest absolute Gasteiger partial charge is 0.200 e. The van der Waals surface area contributed by atoms with Gasteiger partial charge in [0.2, 0.25) is 5.78 Å². The molecule has 0 radical (unpaired) electrons. The lowest BCUT2D eigenvalue weighted by Gasteiger charge is -2.33. The predicted molar refractivity (Wildman–Crippen MR) is 96.7 cm³/mol. The minimum Gasteiger partial charge on any atom is -0.508 e. The van der Waals surface area contributed by atoms with E-state index in [1.165, 1.54) is 0 Å². The van der Waals surface area contributed by atoms with E-state index >= 15 is 0 Å². The summed E-state index contributed by atoms with van der Waals surface area (Å²) in [7, 11) is 0. The number of hydrogen-bond acceptors (Lipinski definition) is 4. The van der Waals surface area contributed by atoms with Gasteiger partial charge in [0, 0.05) is 5.57 Å². The van der Waals surface area contributed by atoms with Gasteiger partial charge in [0.1, 0.15) is 5.76 Å². The van der Waals surface area contributed by atoms with E-state index in [2.05, 4.69) is 0 Å². The van der Waals surface area contributed by atoms with Crippen molar-refractivity contribution in [1.29, 1.82) is 0 Å². The van der Waals surface area contributed by atoms with Gasteiger partial charge in [-0.25, -0.2) is 0 Å². The molecule has 1 aliphatic rings. The van der Waals surface area contributed by atoms with E-state index in [0.29, 0.717) is 30.8 Å². The van der Waals surface area contributed by atoms with Gasteiger partial charge in [-0.1, -0.05) is 38.8 Å². The quantitative estimate of drug-likeness (QED) is 0.586.